The van der Waals surface area contributed by atoms with Crippen LogP contribution in [0.2, 0.25) is 0 Å². The van der Waals surface area contributed by atoms with Crippen LogP contribution in [0.4, 0.5) is 0 Å². The zero-order valence-electron chi connectivity index (χ0n) is 16.5. The molecule has 7 nitrogen and oxygen atoms in total. The van der Waals surface area contributed by atoms with Crippen molar-refractivity contribution in [1.29, 1.82) is 0 Å². The zero-order chi connectivity index (χ0) is 20.7. The van der Waals surface area contributed by atoms with Gasteiger partial charge in [-0.1, -0.05) is 30.3 Å². The second kappa shape index (κ2) is 7.04. The minimum Gasteiger partial charge on any atom is -0.497 e. The number of aromatic nitrogens is 5. The Balaban J connectivity index is 1.80. The highest BCUT2D eigenvalue weighted by Crippen LogP contribution is 2.28. The summed E-state index contributed by atoms with van der Waals surface area (Å²) >= 11 is 0. The van der Waals surface area contributed by atoms with E-state index >= 15 is 0 Å². The number of hydrogen-bond acceptors (Lipinski definition) is 4. The lowest BCUT2D eigenvalue weighted by Gasteiger charge is -2.07. The van der Waals surface area contributed by atoms with Crippen molar-refractivity contribution in [2.24, 2.45) is 0 Å². The molecular weight excluding hydrogens is 378 g/mol. The Hall–Kier alpha value is -4.13. The van der Waals surface area contributed by atoms with Crippen LogP contribution in [0.15, 0.2) is 71.7 Å². The third-order valence-electron chi connectivity index (χ3n) is 5.02. The number of rotatable bonds is 4. The molecule has 7 heteroatoms. The van der Waals surface area contributed by atoms with E-state index in [4.69, 9.17) is 9.84 Å². The summed E-state index contributed by atoms with van der Waals surface area (Å²) in [5.74, 6) is 1.51. The molecule has 0 saturated heterocycles. The molecule has 0 aliphatic rings. The average molecular weight is 397 g/mol. The van der Waals surface area contributed by atoms with Crippen LogP contribution in [0.5, 0.6) is 5.75 Å². The van der Waals surface area contributed by atoms with Crippen LogP contribution < -0.4 is 10.2 Å². The van der Waals surface area contributed by atoms with E-state index in [1.165, 1.54) is 0 Å². The maximum Gasteiger partial charge on any atom is 0.193 e. The molecule has 3 aromatic heterocycles. The van der Waals surface area contributed by atoms with Crippen LogP contribution in [0, 0.1) is 6.92 Å². The van der Waals surface area contributed by atoms with Gasteiger partial charge in [0.25, 0.3) is 0 Å². The molecule has 5 rings (SSSR count). The van der Waals surface area contributed by atoms with Crippen LogP contribution in [0.3, 0.4) is 0 Å². The maximum atomic E-state index is 13.2. The number of nitrogens with one attached hydrogen (secondary N) is 2. The number of fused-ring (bicyclic) bond motifs is 1. The number of aryl methyl sites for hydroxylation is 1. The summed E-state index contributed by atoms with van der Waals surface area (Å²) in [5.41, 5.74) is 4.24. The minimum absolute atomic E-state index is 0.107. The second-order valence-corrected chi connectivity index (χ2v) is 6.98. The Bertz CT molecular complexity index is 1400. The van der Waals surface area contributed by atoms with Crippen LogP contribution in [-0.4, -0.2) is 31.8 Å². The summed E-state index contributed by atoms with van der Waals surface area (Å²) in [5, 5.41) is 5.28. The number of imidazole rings is 1. The molecular formula is C23H19N5O2. The Labute approximate surface area is 172 Å². The maximum absolute atomic E-state index is 13.2. The van der Waals surface area contributed by atoms with E-state index in [0.717, 1.165) is 28.5 Å². The zero-order valence-corrected chi connectivity index (χ0v) is 16.5. The van der Waals surface area contributed by atoms with E-state index in [2.05, 4.69) is 15.0 Å². The first-order valence-corrected chi connectivity index (χ1v) is 9.52. The van der Waals surface area contributed by atoms with Crippen LogP contribution in [0.1, 0.15) is 5.82 Å². The van der Waals surface area contributed by atoms with Crippen LogP contribution in [0.25, 0.3) is 39.4 Å². The van der Waals surface area contributed by atoms with E-state index in [1.54, 1.807) is 24.1 Å². The number of ether oxygens (including phenoxy) is 1. The van der Waals surface area contributed by atoms with Gasteiger partial charge in [-0.2, -0.15) is 5.10 Å². The molecule has 0 spiro atoms. The van der Waals surface area contributed by atoms with Crippen molar-refractivity contribution in [3.63, 3.8) is 0 Å². The SMILES string of the molecule is COc1ccc(-n2nc(-c3cnc(C)[nH]3)c3c(=O)cc(-c4ccccc4)[nH]c32)cc1. The van der Waals surface area contributed by atoms with Crippen molar-refractivity contribution in [3.8, 4) is 34.1 Å². The van der Waals surface area contributed by atoms with Crippen molar-refractivity contribution in [3.05, 3.63) is 82.9 Å². The minimum atomic E-state index is -0.107. The third kappa shape index (κ3) is 2.97. The van der Waals surface area contributed by atoms with Gasteiger partial charge >= 0.3 is 0 Å². The first-order chi connectivity index (χ1) is 14.6. The van der Waals surface area contributed by atoms with Crippen molar-refractivity contribution in [1.82, 2.24) is 24.7 Å². The number of aromatic amines is 2. The molecule has 2 aromatic carbocycles. The quantitative estimate of drug-likeness (QED) is 0.478. The molecule has 0 amide bonds. The van der Waals surface area contributed by atoms with Gasteiger partial charge in [-0.25, -0.2) is 9.67 Å². The monoisotopic (exact) mass is 397 g/mol. The lowest BCUT2D eigenvalue weighted by Crippen LogP contribution is -2.05. The van der Waals surface area contributed by atoms with Gasteiger partial charge < -0.3 is 14.7 Å². The van der Waals surface area contributed by atoms with Crippen molar-refractivity contribution < 1.29 is 4.74 Å². The van der Waals surface area contributed by atoms with Gasteiger partial charge in [0.15, 0.2) is 5.43 Å². The largest absolute Gasteiger partial charge is 0.497 e. The molecule has 3 heterocycles. The number of H-pyrrole nitrogens is 2. The molecule has 2 N–H and O–H groups in total. The Kier molecular flexibility index (Phi) is 4.21. The first kappa shape index (κ1) is 17.9. The fourth-order valence-electron chi connectivity index (χ4n) is 3.55. The second-order valence-electron chi connectivity index (χ2n) is 6.98. The summed E-state index contributed by atoms with van der Waals surface area (Å²) in [6.45, 7) is 1.86. The Morgan fingerprint density at radius 3 is 2.40 bits per heavy atom. The van der Waals surface area contributed by atoms with Gasteiger partial charge in [0.2, 0.25) is 0 Å². The standard InChI is InChI=1S/C23H19N5O2/c1-14-24-13-19(25-14)22-21-20(29)12-18(15-6-4-3-5-7-15)26-23(21)28(27-22)16-8-10-17(30-2)11-9-16/h3-13H,1-2H3,(H,24,25)(H,26,29). The lowest BCUT2D eigenvalue weighted by atomic mass is 10.1. The van der Waals surface area contributed by atoms with Gasteiger partial charge in [0.05, 0.1) is 35.8 Å². The van der Waals surface area contributed by atoms with Gasteiger partial charge in [0.1, 0.15) is 22.9 Å². The fourth-order valence-corrected chi connectivity index (χ4v) is 3.55. The molecule has 0 saturated carbocycles. The molecule has 30 heavy (non-hydrogen) atoms. The van der Waals surface area contributed by atoms with E-state index in [1.807, 2.05) is 61.5 Å². The molecule has 0 aliphatic heterocycles. The molecule has 0 bridgehead atoms. The number of hydrogen-bond donors (Lipinski definition) is 2. The summed E-state index contributed by atoms with van der Waals surface area (Å²) < 4.78 is 7.01. The van der Waals surface area contributed by atoms with Crippen molar-refractivity contribution in [2.45, 2.75) is 6.92 Å². The van der Waals surface area contributed by atoms with Gasteiger partial charge in [-0.15, -0.1) is 0 Å². The van der Waals surface area contributed by atoms with Gasteiger partial charge in [-0.3, -0.25) is 4.79 Å². The number of benzene rings is 2. The summed E-state index contributed by atoms with van der Waals surface area (Å²) in [4.78, 5) is 24.0. The van der Waals surface area contributed by atoms with Gasteiger partial charge in [0, 0.05) is 6.07 Å². The normalized spacial score (nSPS) is 11.1. The summed E-state index contributed by atoms with van der Waals surface area (Å²) in [6, 6.07) is 18.9. The summed E-state index contributed by atoms with van der Waals surface area (Å²) in [7, 11) is 1.63. The highest BCUT2D eigenvalue weighted by Gasteiger charge is 2.19. The number of pyridine rings is 1. The molecule has 0 radical (unpaired) electrons. The predicted molar refractivity (Wildman–Crippen MR) is 116 cm³/mol. The smallest absolute Gasteiger partial charge is 0.193 e. The van der Waals surface area contributed by atoms with Crippen LogP contribution >= 0.6 is 0 Å². The predicted octanol–water partition coefficient (Wildman–Crippen LogP) is 4.09. The molecule has 0 fully saturated rings. The molecule has 0 aliphatic carbocycles. The van der Waals surface area contributed by atoms with Crippen LogP contribution in [-0.2, 0) is 0 Å². The third-order valence-corrected chi connectivity index (χ3v) is 5.02. The van der Waals surface area contributed by atoms with E-state index < -0.39 is 0 Å². The molecule has 5 aromatic rings. The van der Waals surface area contributed by atoms with E-state index in [9.17, 15) is 4.79 Å². The van der Waals surface area contributed by atoms with Crippen molar-refractivity contribution in [2.75, 3.05) is 7.11 Å². The van der Waals surface area contributed by atoms with E-state index in [-0.39, 0.29) is 5.43 Å². The van der Waals surface area contributed by atoms with Gasteiger partial charge in [-0.05, 0) is 36.8 Å². The molecule has 0 atom stereocenters. The molecule has 0 unspecified atom stereocenters. The van der Waals surface area contributed by atoms with E-state index in [0.29, 0.717) is 22.4 Å². The highest BCUT2D eigenvalue weighted by molar-refractivity contribution is 5.92. The average Bonchev–Trinajstić information content (AvgIpc) is 3.38. The highest BCUT2D eigenvalue weighted by atomic mass is 16.5. The fraction of sp³-hybridized carbons (Fsp3) is 0.0870. The Morgan fingerprint density at radius 1 is 0.967 bits per heavy atom. The first-order valence-electron chi connectivity index (χ1n) is 9.52. The summed E-state index contributed by atoms with van der Waals surface area (Å²) in [6.07, 6.45) is 1.69. The molecule has 148 valence electrons. The lowest BCUT2D eigenvalue weighted by molar-refractivity contribution is 0.414. The Morgan fingerprint density at radius 2 is 1.73 bits per heavy atom. The topological polar surface area (TPSA) is 88.6 Å². The van der Waals surface area contributed by atoms with Crippen molar-refractivity contribution >= 4 is 11.0 Å². The number of nitrogens with zero attached hydrogens (tertiary/aromatic N) is 3. The number of methoxy groups -OCH3 is 1.